The van der Waals surface area contributed by atoms with Gasteiger partial charge in [0.05, 0.1) is 64.8 Å². The van der Waals surface area contributed by atoms with Gasteiger partial charge in [-0.15, -0.1) is 0 Å². The van der Waals surface area contributed by atoms with Crippen LogP contribution in [0.1, 0.15) is 142 Å². The van der Waals surface area contributed by atoms with Crippen molar-refractivity contribution in [2.45, 2.75) is 115 Å². The molecule has 3 aliphatic rings. The highest BCUT2D eigenvalue weighted by molar-refractivity contribution is 6.00. The molecule has 3 saturated heterocycles. The molecule has 90 heavy (non-hydrogen) atoms. The van der Waals surface area contributed by atoms with Crippen LogP contribution < -0.4 is 60.3 Å². The van der Waals surface area contributed by atoms with Gasteiger partial charge in [0.1, 0.15) is 0 Å². The van der Waals surface area contributed by atoms with E-state index in [-0.39, 0.29) is 40.9 Å². The lowest BCUT2D eigenvalue weighted by Gasteiger charge is -2.18. The van der Waals surface area contributed by atoms with Gasteiger partial charge >= 0.3 is 0 Å². The molecule has 0 aliphatic carbocycles. The molecule has 6 aromatic carbocycles. The predicted octanol–water partition coefficient (Wildman–Crippen LogP) is 12.5. The fourth-order valence-corrected chi connectivity index (χ4v) is 11.0. The number of ether oxygens (including phenoxy) is 6. The Morgan fingerprint density at radius 3 is 1.26 bits per heavy atom. The normalized spacial score (nSPS) is 16.0. The number of amides is 4. The maximum Gasteiger partial charge on any atom is 0.248 e. The molecule has 0 spiro atoms. The van der Waals surface area contributed by atoms with Crippen LogP contribution in [0.5, 0.6) is 34.5 Å². The standard InChI is InChI=1S/C25H31N3O3.C24H29N3O3.C22H23N3O4/c1-25(2,17-26)11-4-5-12-31-23-13-18(9-10-22(23)30-3)19-14-24(29)28(16-19)21-8-6-7-20(27)15-21;1-29-22-11-10-18(14-23(22)30-13-6-4-2-3-5-12-25)19-15-24(28)27(17-19)21-9-7-8-20(26)16-21;1-28-19-8-7-15(12-20(19)29-10-3-2-9-23)17-13-21(26)25(14-17)18-6-4-5-16(11-18)22(24)27/h6-10,13,15,19H,4-5,11-12,14,16,27H2,1-3H3;7-11,14,16,19H,2-6,13,15,17,26H2,1H3;4-8,11-12,17H,2-3,10,13-14H2,1H3,(H2,24,27)/t2*19-;/m00./s1. The van der Waals surface area contributed by atoms with E-state index in [1.54, 1.807) is 60.3 Å². The van der Waals surface area contributed by atoms with Crippen LogP contribution in [0, 0.1) is 39.4 Å². The Morgan fingerprint density at radius 2 is 0.867 bits per heavy atom. The average Bonchev–Trinajstić information content (AvgIpc) is 2.64. The highest BCUT2D eigenvalue weighted by atomic mass is 16.5. The van der Waals surface area contributed by atoms with E-state index < -0.39 is 5.91 Å². The smallest absolute Gasteiger partial charge is 0.248 e. The molecule has 0 bridgehead atoms. The first-order chi connectivity index (χ1) is 43.5. The predicted molar refractivity (Wildman–Crippen MR) is 348 cm³/mol. The molecule has 6 N–H and O–H groups in total. The van der Waals surface area contributed by atoms with E-state index >= 15 is 0 Å². The number of hydrogen-bond acceptors (Lipinski definition) is 15. The Balaban J connectivity index is 0.000000192. The number of carbonyl (C=O) groups excluding carboxylic acids is 4. The largest absolute Gasteiger partial charge is 0.493 e. The SMILES string of the molecule is COc1ccc(C2CC(=O)N(c3cccc(C(N)=O)c3)C2)cc1OCCCC#N.COc1ccc([C@H]2CC(=O)N(c3cccc(N)c3)C2)cc1OCCCCC(C)(C)C#N.COc1ccc([C@H]2CC(=O)N(c3cccc(N)c3)C2)cc1OCCCCCCC#N. The van der Waals surface area contributed by atoms with Crippen molar-refractivity contribution in [2.75, 3.05) is 87.0 Å². The second kappa shape index (κ2) is 33.4. The molecule has 3 atom stereocenters. The molecule has 9 rings (SSSR count). The maximum absolute atomic E-state index is 12.6. The van der Waals surface area contributed by atoms with Gasteiger partial charge in [-0.2, -0.15) is 15.8 Å². The third-order valence-corrected chi connectivity index (χ3v) is 16.0. The molecular formula is C71H83N9O10. The summed E-state index contributed by atoms with van der Waals surface area (Å²) in [4.78, 5) is 54.6. The minimum atomic E-state index is -0.525. The van der Waals surface area contributed by atoms with Crippen LogP contribution in [0.3, 0.4) is 0 Å². The summed E-state index contributed by atoms with van der Waals surface area (Å²) in [5.74, 6) is 3.81. The summed E-state index contributed by atoms with van der Waals surface area (Å²) < 4.78 is 34.0. The van der Waals surface area contributed by atoms with Crippen LogP contribution in [-0.2, 0) is 14.4 Å². The van der Waals surface area contributed by atoms with Crippen LogP contribution in [0.4, 0.5) is 28.4 Å². The first-order valence-electron chi connectivity index (χ1n) is 30.6. The molecule has 6 aromatic rings. The van der Waals surface area contributed by atoms with E-state index in [1.165, 1.54) is 0 Å². The Labute approximate surface area is 528 Å². The summed E-state index contributed by atoms with van der Waals surface area (Å²) in [5, 5.41) is 26.4. The zero-order valence-electron chi connectivity index (χ0n) is 52.3. The Morgan fingerprint density at radius 1 is 0.489 bits per heavy atom. The van der Waals surface area contributed by atoms with E-state index in [1.807, 2.05) is 117 Å². The number of nitrogens with two attached hydrogens (primary N) is 3. The zero-order chi connectivity index (χ0) is 64.6. The monoisotopic (exact) mass is 1220 g/mol. The van der Waals surface area contributed by atoms with Crippen molar-refractivity contribution < 1.29 is 47.6 Å². The van der Waals surface area contributed by atoms with E-state index in [0.29, 0.717) is 135 Å². The molecule has 3 aliphatic heterocycles. The minimum absolute atomic E-state index is 0.00732. The summed E-state index contributed by atoms with van der Waals surface area (Å²) >= 11 is 0. The van der Waals surface area contributed by atoms with E-state index in [9.17, 15) is 19.2 Å². The first-order valence-corrected chi connectivity index (χ1v) is 30.6. The lowest BCUT2D eigenvalue weighted by Crippen LogP contribution is -2.24. The number of nitriles is 3. The molecule has 0 saturated carbocycles. The summed E-state index contributed by atoms with van der Waals surface area (Å²) in [6.45, 7) is 7.22. The van der Waals surface area contributed by atoms with Crippen LogP contribution in [0.25, 0.3) is 0 Å². The third-order valence-electron chi connectivity index (χ3n) is 16.0. The fourth-order valence-electron chi connectivity index (χ4n) is 11.0. The quantitative estimate of drug-likeness (QED) is 0.0319. The van der Waals surface area contributed by atoms with Crippen LogP contribution in [0.2, 0.25) is 0 Å². The van der Waals surface area contributed by atoms with Crippen molar-refractivity contribution in [3.05, 3.63) is 150 Å². The van der Waals surface area contributed by atoms with Crippen LogP contribution in [-0.4, -0.2) is 84.4 Å². The lowest BCUT2D eigenvalue weighted by atomic mass is 9.89. The number of benzene rings is 6. The molecule has 0 radical (unpaired) electrons. The van der Waals surface area contributed by atoms with E-state index in [2.05, 4.69) is 18.2 Å². The molecular weight excluding hydrogens is 1140 g/mol. The molecule has 1 unspecified atom stereocenters. The molecule has 19 nitrogen and oxygen atoms in total. The topological polar surface area (TPSA) is 283 Å². The molecule has 0 aromatic heterocycles. The number of nitrogens with zero attached hydrogens (tertiary/aromatic N) is 6. The fraction of sp³-hybridized carbons (Fsp3) is 0.394. The number of hydrogen-bond donors (Lipinski definition) is 3. The second-order valence-electron chi connectivity index (χ2n) is 23.1. The summed E-state index contributed by atoms with van der Waals surface area (Å²) in [6.07, 6.45) is 9.53. The summed E-state index contributed by atoms with van der Waals surface area (Å²) in [6, 6.07) is 45.7. The third kappa shape index (κ3) is 19.0. The van der Waals surface area contributed by atoms with Gasteiger partial charge in [-0.25, -0.2) is 0 Å². The molecule has 19 heteroatoms. The van der Waals surface area contributed by atoms with Gasteiger partial charge < -0.3 is 60.3 Å². The van der Waals surface area contributed by atoms with Gasteiger partial charge in [0, 0.05) is 103 Å². The number of methoxy groups -OCH3 is 3. The van der Waals surface area contributed by atoms with E-state index in [0.717, 1.165) is 73.0 Å². The van der Waals surface area contributed by atoms with Crippen molar-refractivity contribution in [3.8, 4) is 52.7 Å². The summed E-state index contributed by atoms with van der Waals surface area (Å²) in [7, 11) is 4.83. The van der Waals surface area contributed by atoms with Crippen molar-refractivity contribution in [1.82, 2.24) is 0 Å². The molecule has 3 heterocycles. The van der Waals surface area contributed by atoms with Crippen molar-refractivity contribution in [1.29, 1.82) is 15.8 Å². The average molecular weight is 1220 g/mol. The molecule has 472 valence electrons. The molecule has 4 amide bonds. The van der Waals surface area contributed by atoms with Gasteiger partial charge in [-0.05, 0) is 160 Å². The van der Waals surface area contributed by atoms with Gasteiger partial charge in [0.2, 0.25) is 23.6 Å². The van der Waals surface area contributed by atoms with Crippen LogP contribution in [0.15, 0.2) is 127 Å². The van der Waals surface area contributed by atoms with Crippen molar-refractivity contribution in [3.63, 3.8) is 0 Å². The number of anilines is 5. The minimum Gasteiger partial charge on any atom is -0.493 e. The Bertz CT molecular complexity index is 3550. The van der Waals surface area contributed by atoms with Crippen molar-refractivity contribution in [2.24, 2.45) is 11.1 Å². The lowest BCUT2D eigenvalue weighted by molar-refractivity contribution is -0.118. The Kier molecular flexibility index (Phi) is 25.1. The number of primary amides is 1. The van der Waals surface area contributed by atoms with Gasteiger partial charge in [-0.1, -0.05) is 49.2 Å². The summed E-state index contributed by atoms with van der Waals surface area (Å²) in [5.41, 5.74) is 23.9. The van der Waals surface area contributed by atoms with Crippen molar-refractivity contribution >= 4 is 52.1 Å². The van der Waals surface area contributed by atoms with Crippen LogP contribution >= 0.6 is 0 Å². The molecule has 3 fully saturated rings. The maximum atomic E-state index is 12.6. The Hall–Kier alpha value is -9.93. The zero-order valence-corrected chi connectivity index (χ0v) is 52.3. The number of rotatable bonds is 27. The highest BCUT2D eigenvalue weighted by Crippen LogP contribution is 2.41. The number of nitrogen functional groups attached to an aromatic ring is 2. The number of unbranched alkanes of at least 4 members (excludes halogenated alkanes) is 6. The number of carbonyl (C=O) groups is 4. The first kappa shape index (κ1) is 67.6. The van der Waals surface area contributed by atoms with Gasteiger partial charge in [0.15, 0.2) is 34.5 Å². The van der Waals surface area contributed by atoms with Gasteiger partial charge in [-0.3, -0.25) is 19.2 Å². The van der Waals surface area contributed by atoms with Gasteiger partial charge in [0.25, 0.3) is 0 Å². The second-order valence-corrected chi connectivity index (χ2v) is 23.1. The highest BCUT2D eigenvalue weighted by Gasteiger charge is 2.35. The van der Waals surface area contributed by atoms with E-state index in [4.69, 9.17) is 61.4 Å².